The van der Waals surface area contributed by atoms with Gasteiger partial charge >= 0.3 is 0 Å². The summed E-state index contributed by atoms with van der Waals surface area (Å²) in [5.41, 5.74) is 0. The second-order valence-corrected chi connectivity index (χ2v) is 3.35. The van der Waals surface area contributed by atoms with Gasteiger partial charge in [-0.25, -0.2) is 0 Å². The van der Waals surface area contributed by atoms with Gasteiger partial charge in [0.1, 0.15) is 0 Å². The highest BCUT2D eigenvalue weighted by atomic mass is 16.2. The number of likely N-dealkylation sites (tertiary alicyclic amines) is 1. The van der Waals surface area contributed by atoms with Crippen LogP contribution in [0.5, 0.6) is 0 Å². The second kappa shape index (κ2) is 5.75. The first kappa shape index (κ1) is 10.3. The van der Waals surface area contributed by atoms with Crippen molar-refractivity contribution in [3.8, 4) is 0 Å². The monoisotopic (exact) mass is 182 g/mol. The van der Waals surface area contributed by atoms with E-state index in [9.17, 15) is 4.79 Å². The third kappa shape index (κ3) is 3.59. The van der Waals surface area contributed by atoms with Crippen molar-refractivity contribution >= 4 is 5.91 Å². The molecule has 74 valence electrons. The zero-order valence-corrected chi connectivity index (χ0v) is 8.25. The number of rotatable bonds is 3. The predicted molar refractivity (Wildman–Crippen MR) is 53.5 cm³/mol. The summed E-state index contributed by atoms with van der Waals surface area (Å²) in [6.07, 6.45) is 7.12. The Morgan fingerprint density at radius 3 is 2.69 bits per heavy atom. The molecular weight excluding hydrogens is 164 g/mol. The van der Waals surface area contributed by atoms with Gasteiger partial charge in [0.2, 0.25) is 5.91 Å². The van der Waals surface area contributed by atoms with Gasteiger partial charge in [-0.1, -0.05) is 6.08 Å². The van der Waals surface area contributed by atoms with E-state index in [-0.39, 0.29) is 5.91 Å². The molecule has 1 fully saturated rings. The number of hydrogen-bond donors (Lipinski definition) is 1. The van der Waals surface area contributed by atoms with Crippen molar-refractivity contribution in [3.05, 3.63) is 12.2 Å². The average molecular weight is 182 g/mol. The minimum absolute atomic E-state index is 0.162. The summed E-state index contributed by atoms with van der Waals surface area (Å²) in [4.78, 5) is 13.4. The van der Waals surface area contributed by atoms with Gasteiger partial charge in [0.15, 0.2) is 0 Å². The zero-order chi connectivity index (χ0) is 9.52. The maximum absolute atomic E-state index is 11.5. The first-order chi connectivity index (χ1) is 6.34. The lowest BCUT2D eigenvalue weighted by atomic mass is 10.1. The molecule has 0 atom stereocenters. The highest BCUT2D eigenvalue weighted by Gasteiger charge is 2.13. The molecule has 1 saturated heterocycles. The van der Waals surface area contributed by atoms with E-state index in [2.05, 4.69) is 5.32 Å². The minimum Gasteiger partial charge on any atom is -0.339 e. The molecular formula is C10H18N2O. The van der Waals surface area contributed by atoms with Gasteiger partial charge in [-0.3, -0.25) is 4.79 Å². The fourth-order valence-corrected chi connectivity index (χ4v) is 1.50. The summed E-state index contributed by atoms with van der Waals surface area (Å²) in [5.74, 6) is 0.162. The number of nitrogens with one attached hydrogen (secondary N) is 1. The normalized spacial score (nSPS) is 18.1. The summed E-state index contributed by atoms with van der Waals surface area (Å²) >= 11 is 0. The third-order valence-corrected chi connectivity index (χ3v) is 2.25. The Morgan fingerprint density at radius 1 is 1.38 bits per heavy atom. The van der Waals surface area contributed by atoms with Crippen LogP contribution in [0.3, 0.4) is 0 Å². The average Bonchev–Trinajstić information content (AvgIpc) is 2.19. The third-order valence-electron chi connectivity index (χ3n) is 2.25. The van der Waals surface area contributed by atoms with E-state index in [1.807, 2.05) is 18.0 Å². The Balaban J connectivity index is 2.28. The summed E-state index contributed by atoms with van der Waals surface area (Å²) in [6.45, 7) is 2.63. The summed E-state index contributed by atoms with van der Waals surface area (Å²) in [6, 6.07) is 0. The van der Waals surface area contributed by atoms with Gasteiger partial charge in [0, 0.05) is 25.7 Å². The number of nitrogens with zero attached hydrogens (tertiary/aromatic N) is 1. The van der Waals surface area contributed by atoms with Gasteiger partial charge in [-0.05, 0) is 26.3 Å². The van der Waals surface area contributed by atoms with Gasteiger partial charge in [0.25, 0.3) is 0 Å². The lowest BCUT2D eigenvalue weighted by Crippen LogP contribution is -2.34. The highest BCUT2D eigenvalue weighted by Crippen LogP contribution is 2.08. The lowest BCUT2D eigenvalue weighted by Gasteiger charge is -2.25. The quantitative estimate of drug-likeness (QED) is 0.654. The topological polar surface area (TPSA) is 32.3 Å². The van der Waals surface area contributed by atoms with Crippen molar-refractivity contribution in [3.63, 3.8) is 0 Å². The number of carbonyl (C=O) groups excluding carboxylic acids is 1. The van der Waals surface area contributed by atoms with Crippen LogP contribution in [0, 0.1) is 0 Å². The van der Waals surface area contributed by atoms with Crippen LogP contribution in [-0.4, -0.2) is 37.5 Å². The Labute approximate surface area is 79.8 Å². The van der Waals surface area contributed by atoms with Crippen molar-refractivity contribution in [2.75, 3.05) is 26.7 Å². The van der Waals surface area contributed by atoms with Crippen LogP contribution in [-0.2, 0) is 4.79 Å². The summed E-state index contributed by atoms with van der Waals surface area (Å²) in [5, 5.41) is 2.97. The van der Waals surface area contributed by atoms with E-state index in [1.165, 1.54) is 6.42 Å². The number of carbonyl (C=O) groups is 1. The molecule has 1 aliphatic heterocycles. The predicted octanol–water partition coefficient (Wildman–Crippen LogP) is 0.774. The van der Waals surface area contributed by atoms with Crippen molar-refractivity contribution in [1.82, 2.24) is 10.2 Å². The van der Waals surface area contributed by atoms with Crippen molar-refractivity contribution in [2.24, 2.45) is 0 Å². The van der Waals surface area contributed by atoms with Gasteiger partial charge in [-0.2, -0.15) is 0 Å². The smallest absolute Gasteiger partial charge is 0.246 e. The van der Waals surface area contributed by atoms with Crippen LogP contribution in [0.25, 0.3) is 0 Å². The molecule has 0 spiro atoms. The molecule has 1 aliphatic rings. The van der Waals surface area contributed by atoms with Crippen LogP contribution in [0.1, 0.15) is 19.3 Å². The van der Waals surface area contributed by atoms with E-state index in [1.54, 1.807) is 6.08 Å². The van der Waals surface area contributed by atoms with Gasteiger partial charge < -0.3 is 10.2 Å². The van der Waals surface area contributed by atoms with E-state index in [0.717, 1.165) is 32.5 Å². The zero-order valence-electron chi connectivity index (χ0n) is 8.25. The molecule has 0 aromatic rings. The number of piperidine rings is 1. The van der Waals surface area contributed by atoms with Gasteiger partial charge in [0.05, 0.1) is 0 Å². The Morgan fingerprint density at radius 2 is 2.08 bits per heavy atom. The molecule has 0 radical (unpaired) electrons. The first-order valence-corrected chi connectivity index (χ1v) is 4.94. The standard InChI is InChI=1S/C10H18N2O/c1-11-7-5-6-10(13)12-8-3-2-4-9-12/h5-6,11H,2-4,7-9H2,1H3/b6-5+. The molecule has 3 nitrogen and oxygen atoms in total. The molecule has 0 aromatic heterocycles. The van der Waals surface area contributed by atoms with E-state index in [0.29, 0.717) is 0 Å². The molecule has 13 heavy (non-hydrogen) atoms. The fourth-order valence-electron chi connectivity index (χ4n) is 1.50. The fraction of sp³-hybridized carbons (Fsp3) is 0.700. The van der Waals surface area contributed by atoms with Crippen LogP contribution in [0.2, 0.25) is 0 Å². The molecule has 0 unspecified atom stereocenters. The highest BCUT2D eigenvalue weighted by molar-refractivity contribution is 5.87. The molecule has 1 heterocycles. The van der Waals surface area contributed by atoms with Gasteiger partial charge in [-0.15, -0.1) is 0 Å². The Kier molecular flexibility index (Phi) is 4.54. The Bertz CT molecular complexity index is 183. The van der Waals surface area contributed by atoms with Crippen molar-refractivity contribution in [2.45, 2.75) is 19.3 Å². The minimum atomic E-state index is 0.162. The Hall–Kier alpha value is -0.830. The maximum atomic E-state index is 11.5. The molecule has 1 amide bonds. The molecule has 0 aliphatic carbocycles. The first-order valence-electron chi connectivity index (χ1n) is 4.94. The molecule has 3 heteroatoms. The van der Waals surface area contributed by atoms with E-state index in [4.69, 9.17) is 0 Å². The summed E-state index contributed by atoms with van der Waals surface area (Å²) in [7, 11) is 1.87. The van der Waals surface area contributed by atoms with E-state index >= 15 is 0 Å². The van der Waals surface area contributed by atoms with Crippen LogP contribution < -0.4 is 5.32 Å². The van der Waals surface area contributed by atoms with Crippen LogP contribution in [0.4, 0.5) is 0 Å². The molecule has 1 N–H and O–H groups in total. The number of likely N-dealkylation sites (N-methyl/N-ethyl adjacent to an activating group) is 1. The lowest BCUT2D eigenvalue weighted by molar-refractivity contribution is -0.126. The SMILES string of the molecule is CNC/C=C/C(=O)N1CCCCC1. The molecule has 1 rings (SSSR count). The number of hydrogen-bond acceptors (Lipinski definition) is 2. The molecule has 0 aromatic carbocycles. The van der Waals surface area contributed by atoms with Crippen LogP contribution >= 0.6 is 0 Å². The maximum Gasteiger partial charge on any atom is 0.246 e. The summed E-state index contributed by atoms with van der Waals surface area (Å²) < 4.78 is 0. The molecule has 0 bridgehead atoms. The van der Waals surface area contributed by atoms with Crippen LogP contribution in [0.15, 0.2) is 12.2 Å². The largest absolute Gasteiger partial charge is 0.339 e. The van der Waals surface area contributed by atoms with Crippen molar-refractivity contribution in [1.29, 1.82) is 0 Å². The van der Waals surface area contributed by atoms with E-state index < -0.39 is 0 Å². The number of amides is 1. The van der Waals surface area contributed by atoms with Crippen molar-refractivity contribution < 1.29 is 4.79 Å². The second-order valence-electron chi connectivity index (χ2n) is 3.35. The molecule has 0 saturated carbocycles.